The number of carbonyl (C=O) groups excluding carboxylic acids is 1. The van der Waals surface area contributed by atoms with E-state index in [2.05, 4.69) is 13.2 Å². The summed E-state index contributed by atoms with van der Waals surface area (Å²) in [7, 11) is 1.59. The summed E-state index contributed by atoms with van der Waals surface area (Å²) in [4.78, 5) is 10.3. The summed E-state index contributed by atoms with van der Waals surface area (Å²) in [5.74, 6) is 0.759. The van der Waals surface area contributed by atoms with Gasteiger partial charge in [-0.1, -0.05) is 49.1 Å². The number of ether oxygens (including phenoxy) is 1. The molecule has 0 aromatic heterocycles. The molecule has 0 unspecified atom stereocenters. The Kier molecular flexibility index (Phi) is 7.95. The quantitative estimate of drug-likeness (QED) is 0.588. The first-order chi connectivity index (χ1) is 8.54. The molecular weight excluding hydrogens is 224 g/mol. The zero-order valence-electron chi connectivity index (χ0n) is 11.3. The van der Waals surface area contributed by atoms with E-state index < -0.39 is 0 Å². The second kappa shape index (κ2) is 8.99. The summed E-state index contributed by atoms with van der Waals surface area (Å²) < 4.78 is 5.03. The maximum absolute atomic E-state index is 10.3. The molecule has 1 aromatic rings. The van der Waals surface area contributed by atoms with Gasteiger partial charge in [-0.25, -0.2) is 0 Å². The van der Waals surface area contributed by atoms with Crippen molar-refractivity contribution in [3.8, 4) is 5.75 Å². The average molecular weight is 244 g/mol. The molecule has 2 nitrogen and oxygen atoms in total. The first-order valence-corrected chi connectivity index (χ1v) is 5.59. The zero-order chi connectivity index (χ0) is 14.0. The normalized spacial score (nSPS) is 9.28. The molecule has 0 spiro atoms. The lowest BCUT2D eigenvalue weighted by molar-refractivity contribution is 0.112. The van der Waals surface area contributed by atoms with Gasteiger partial charge in [0.05, 0.1) is 7.11 Å². The third-order valence-corrected chi connectivity index (χ3v) is 2.09. The maximum Gasteiger partial charge on any atom is 0.150 e. The van der Waals surface area contributed by atoms with Gasteiger partial charge in [0.25, 0.3) is 0 Å². The molecule has 0 atom stereocenters. The SMILES string of the molecule is C=C/C=C\C(=C)C.COc1cc(C=O)ccc1C. The molecule has 1 rings (SSSR count). The Labute approximate surface area is 109 Å². The number of rotatable bonds is 4. The Hall–Kier alpha value is -2.09. The van der Waals surface area contributed by atoms with Gasteiger partial charge in [0.2, 0.25) is 0 Å². The van der Waals surface area contributed by atoms with Gasteiger partial charge in [-0.3, -0.25) is 4.79 Å². The molecule has 0 fully saturated rings. The van der Waals surface area contributed by atoms with Crippen LogP contribution in [0.3, 0.4) is 0 Å². The largest absolute Gasteiger partial charge is 0.496 e. The average Bonchev–Trinajstić information content (AvgIpc) is 2.37. The molecule has 0 amide bonds. The molecule has 0 saturated carbocycles. The summed E-state index contributed by atoms with van der Waals surface area (Å²) in [5, 5.41) is 0. The lowest BCUT2D eigenvalue weighted by Crippen LogP contribution is -1.88. The summed E-state index contributed by atoms with van der Waals surface area (Å²) >= 11 is 0. The topological polar surface area (TPSA) is 26.3 Å². The van der Waals surface area contributed by atoms with Crippen molar-refractivity contribution in [2.45, 2.75) is 13.8 Å². The Bertz CT molecular complexity index is 442. The Morgan fingerprint density at radius 1 is 1.39 bits per heavy atom. The minimum Gasteiger partial charge on any atom is -0.496 e. The van der Waals surface area contributed by atoms with Crippen LogP contribution in [-0.4, -0.2) is 13.4 Å². The number of allylic oxidation sites excluding steroid dienone is 4. The van der Waals surface area contributed by atoms with Gasteiger partial charge in [0.15, 0.2) is 0 Å². The van der Waals surface area contributed by atoms with E-state index in [4.69, 9.17) is 4.74 Å². The van der Waals surface area contributed by atoms with E-state index in [-0.39, 0.29) is 0 Å². The highest BCUT2D eigenvalue weighted by Gasteiger charge is 1.97. The number of methoxy groups -OCH3 is 1. The summed E-state index contributed by atoms with van der Waals surface area (Å²) in [6.07, 6.45) is 6.31. The van der Waals surface area contributed by atoms with E-state index in [1.165, 1.54) is 0 Å². The van der Waals surface area contributed by atoms with Crippen molar-refractivity contribution in [2.24, 2.45) is 0 Å². The van der Waals surface area contributed by atoms with Gasteiger partial charge in [0, 0.05) is 5.56 Å². The van der Waals surface area contributed by atoms with E-state index >= 15 is 0 Å². The second-order valence-corrected chi connectivity index (χ2v) is 3.79. The molecule has 2 heteroatoms. The molecule has 18 heavy (non-hydrogen) atoms. The van der Waals surface area contributed by atoms with Crippen LogP contribution in [0, 0.1) is 6.92 Å². The number of benzene rings is 1. The molecule has 0 aliphatic carbocycles. The van der Waals surface area contributed by atoms with Crippen molar-refractivity contribution in [1.82, 2.24) is 0 Å². The van der Waals surface area contributed by atoms with Crippen molar-refractivity contribution >= 4 is 6.29 Å². The highest BCUT2D eigenvalue weighted by atomic mass is 16.5. The number of carbonyl (C=O) groups is 1. The third-order valence-electron chi connectivity index (χ3n) is 2.09. The first kappa shape index (κ1) is 15.9. The van der Waals surface area contributed by atoms with Gasteiger partial charge in [-0.2, -0.15) is 0 Å². The van der Waals surface area contributed by atoms with Crippen molar-refractivity contribution in [3.05, 3.63) is 66.3 Å². The maximum atomic E-state index is 10.3. The molecule has 0 bridgehead atoms. The molecule has 0 heterocycles. The van der Waals surface area contributed by atoms with Gasteiger partial charge < -0.3 is 4.74 Å². The van der Waals surface area contributed by atoms with E-state index in [0.29, 0.717) is 5.56 Å². The van der Waals surface area contributed by atoms with Crippen LogP contribution in [0.2, 0.25) is 0 Å². The van der Waals surface area contributed by atoms with Gasteiger partial charge >= 0.3 is 0 Å². The van der Waals surface area contributed by atoms with Crippen molar-refractivity contribution in [2.75, 3.05) is 7.11 Å². The molecule has 0 N–H and O–H groups in total. The third kappa shape index (κ3) is 6.48. The Morgan fingerprint density at radius 3 is 2.44 bits per heavy atom. The molecule has 0 aliphatic heterocycles. The molecule has 96 valence electrons. The van der Waals surface area contributed by atoms with Gasteiger partial charge in [0.1, 0.15) is 12.0 Å². The molecule has 0 saturated heterocycles. The predicted molar refractivity (Wildman–Crippen MR) is 77.3 cm³/mol. The summed E-state index contributed by atoms with van der Waals surface area (Å²) in [5.41, 5.74) is 2.74. The van der Waals surface area contributed by atoms with Crippen LogP contribution in [0.1, 0.15) is 22.8 Å². The molecular formula is C16H20O2. The van der Waals surface area contributed by atoms with E-state index in [1.54, 1.807) is 25.3 Å². The number of aldehydes is 1. The van der Waals surface area contributed by atoms with Crippen LogP contribution < -0.4 is 4.74 Å². The van der Waals surface area contributed by atoms with Crippen molar-refractivity contribution in [3.63, 3.8) is 0 Å². The van der Waals surface area contributed by atoms with Crippen LogP contribution in [0.25, 0.3) is 0 Å². The monoisotopic (exact) mass is 244 g/mol. The van der Waals surface area contributed by atoms with E-state index in [9.17, 15) is 4.79 Å². The second-order valence-electron chi connectivity index (χ2n) is 3.79. The van der Waals surface area contributed by atoms with Crippen molar-refractivity contribution < 1.29 is 9.53 Å². The predicted octanol–water partition coefficient (Wildman–Crippen LogP) is 4.12. The number of aryl methyl sites for hydroxylation is 1. The van der Waals surface area contributed by atoms with Crippen LogP contribution in [0.4, 0.5) is 0 Å². The van der Waals surface area contributed by atoms with Crippen molar-refractivity contribution in [1.29, 1.82) is 0 Å². The summed E-state index contributed by atoms with van der Waals surface area (Å²) in [6, 6.07) is 5.36. The van der Waals surface area contributed by atoms with Crippen LogP contribution in [0.5, 0.6) is 5.75 Å². The standard InChI is InChI=1S/C9H10O2.C7H10/c1-7-3-4-8(6-10)5-9(7)11-2;1-4-5-6-7(2)3/h3-6H,1-2H3;4-6H,1-2H2,3H3/b;6-5-. The highest BCUT2D eigenvalue weighted by Crippen LogP contribution is 2.17. The highest BCUT2D eigenvalue weighted by molar-refractivity contribution is 5.75. The smallest absolute Gasteiger partial charge is 0.150 e. The lowest BCUT2D eigenvalue weighted by Gasteiger charge is -2.03. The number of hydrogen-bond donors (Lipinski definition) is 0. The van der Waals surface area contributed by atoms with E-state index in [1.807, 2.05) is 32.1 Å². The number of hydrogen-bond acceptors (Lipinski definition) is 2. The minimum absolute atomic E-state index is 0.646. The fourth-order valence-corrected chi connectivity index (χ4v) is 1.14. The zero-order valence-corrected chi connectivity index (χ0v) is 11.3. The van der Waals surface area contributed by atoms with Crippen LogP contribution in [0.15, 0.2) is 55.2 Å². The molecule has 1 aromatic carbocycles. The van der Waals surface area contributed by atoms with Gasteiger partial charge in [-0.15, -0.1) is 0 Å². The summed E-state index contributed by atoms with van der Waals surface area (Å²) in [6.45, 7) is 11.0. The van der Waals surface area contributed by atoms with Crippen LogP contribution in [-0.2, 0) is 0 Å². The van der Waals surface area contributed by atoms with Gasteiger partial charge in [-0.05, 0) is 25.5 Å². The fourth-order valence-electron chi connectivity index (χ4n) is 1.14. The molecule has 0 radical (unpaired) electrons. The Balaban J connectivity index is 0.000000360. The first-order valence-electron chi connectivity index (χ1n) is 5.59. The molecule has 0 aliphatic rings. The fraction of sp³-hybridized carbons (Fsp3) is 0.188. The van der Waals surface area contributed by atoms with Crippen LogP contribution >= 0.6 is 0 Å². The Morgan fingerprint density at radius 2 is 2.06 bits per heavy atom. The lowest BCUT2D eigenvalue weighted by atomic mass is 10.1. The van der Waals surface area contributed by atoms with E-state index in [0.717, 1.165) is 23.2 Å². The minimum atomic E-state index is 0.646.